The molecule has 0 aliphatic carbocycles. The van der Waals surface area contributed by atoms with Gasteiger partial charge in [0.15, 0.2) is 0 Å². The number of alkyl halides is 3. The molecule has 0 saturated carbocycles. The van der Waals surface area contributed by atoms with Crippen molar-refractivity contribution in [2.24, 2.45) is 5.16 Å². The molecule has 0 bridgehead atoms. The van der Waals surface area contributed by atoms with Gasteiger partial charge in [-0.15, -0.1) is 0 Å². The van der Waals surface area contributed by atoms with Crippen LogP contribution in [0.3, 0.4) is 0 Å². The Bertz CT molecular complexity index is 1290. The van der Waals surface area contributed by atoms with Crippen molar-refractivity contribution in [3.05, 3.63) is 68.2 Å². The van der Waals surface area contributed by atoms with E-state index < -0.39 is 23.7 Å². The lowest BCUT2D eigenvalue weighted by atomic mass is 9.89. The highest BCUT2D eigenvalue weighted by Crippen LogP contribution is 2.50. The molecule has 0 radical (unpaired) electrons. The van der Waals surface area contributed by atoms with Gasteiger partial charge < -0.3 is 15.1 Å². The number of aryl methyl sites for hydroxylation is 1. The van der Waals surface area contributed by atoms with Crippen LogP contribution in [0.15, 0.2) is 35.5 Å². The molecule has 1 amide bonds. The fourth-order valence-corrected chi connectivity index (χ4v) is 4.89. The fourth-order valence-electron chi connectivity index (χ4n) is 4.36. The Morgan fingerprint density at radius 2 is 1.81 bits per heavy atom. The van der Waals surface area contributed by atoms with Gasteiger partial charge in [0, 0.05) is 34.3 Å². The van der Waals surface area contributed by atoms with E-state index in [0.29, 0.717) is 24.1 Å². The molecule has 2 aliphatic rings. The number of hydrogen-bond donors (Lipinski definition) is 1. The van der Waals surface area contributed by atoms with Crippen LogP contribution in [-0.2, 0) is 23.5 Å². The van der Waals surface area contributed by atoms with Crippen molar-refractivity contribution in [2.45, 2.75) is 64.0 Å². The quantitative estimate of drug-likeness (QED) is 0.500. The summed E-state index contributed by atoms with van der Waals surface area (Å²) < 4.78 is 42.9. The van der Waals surface area contributed by atoms with Crippen LogP contribution in [0.1, 0.15) is 59.3 Å². The number of amides is 1. The maximum atomic E-state index is 14.3. The molecule has 0 saturated heterocycles. The molecule has 2 unspecified atom stereocenters. The molecule has 2 atom stereocenters. The van der Waals surface area contributed by atoms with Gasteiger partial charge in [-0.1, -0.05) is 41.3 Å². The Morgan fingerprint density at radius 1 is 1.19 bits per heavy atom. The summed E-state index contributed by atoms with van der Waals surface area (Å²) in [5.41, 5.74) is -1.17. The van der Waals surface area contributed by atoms with Crippen molar-refractivity contribution < 1.29 is 22.8 Å². The fraction of sp³-hybridized carbons (Fsp3) is 0.400. The zero-order valence-corrected chi connectivity index (χ0v) is 21.3. The molecule has 4 rings (SSSR count). The van der Waals surface area contributed by atoms with Gasteiger partial charge in [0.25, 0.3) is 11.5 Å². The van der Waals surface area contributed by atoms with E-state index in [1.54, 1.807) is 31.7 Å². The smallest absolute Gasteiger partial charge is 0.372 e. The molecule has 2 heterocycles. The molecule has 0 aromatic heterocycles. The number of benzene rings is 2. The van der Waals surface area contributed by atoms with E-state index in [0.717, 1.165) is 11.1 Å². The molecule has 0 fully saturated rings. The summed E-state index contributed by atoms with van der Waals surface area (Å²) in [4.78, 5) is 19.7. The number of fused-ring (bicyclic) bond motifs is 1. The van der Waals surface area contributed by atoms with Crippen LogP contribution in [0.5, 0.6) is 0 Å². The first kappa shape index (κ1) is 26.1. The van der Waals surface area contributed by atoms with Crippen molar-refractivity contribution in [3.8, 4) is 6.07 Å². The van der Waals surface area contributed by atoms with E-state index in [1.807, 2.05) is 6.07 Å². The predicted molar refractivity (Wildman–Crippen MR) is 130 cm³/mol. The van der Waals surface area contributed by atoms with E-state index in [1.165, 1.54) is 18.2 Å². The van der Waals surface area contributed by atoms with Crippen molar-refractivity contribution in [1.29, 1.82) is 5.26 Å². The van der Waals surface area contributed by atoms with Crippen LogP contribution in [-0.4, -0.2) is 28.4 Å². The maximum Gasteiger partial charge on any atom is 0.435 e. The zero-order chi connectivity index (χ0) is 26.5. The van der Waals surface area contributed by atoms with E-state index in [2.05, 4.69) is 16.5 Å². The second-order valence-corrected chi connectivity index (χ2v) is 10.2. The van der Waals surface area contributed by atoms with Crippen molar-refractivity contribution >= 4 is 34.9 Å². The van der Waals surface area contributed by atoms with Gasteiger partial charge in [-0.05, 0) is 61.2 Å². The predicted octanol–water partition coefficient (Wildman–Crippen LogP) is 6.23. The molecule has 2 aromatic rings. The van der Waals surface area contributed by atoms with Gasteiger partial charge >= 0.3 is 6.18 Å². The first-order valence-electron chi connectivity index (χ1n) is 11.2. The van der Waals surface area contributed by atoms with Gasteiger partial charge in [-0.2, -0.15) is 18.4 Å². The van der Waals surface area contributed by atoms with Gasteiger partial charge in [0.05, 0.1) is 12.5 Å². The Kier molecular flexibility index (Phi) is 6.65. The first-order valence-corrected chi connectivity index (χ1v) is 12.0. The van der Waals surface area contributed by atoms with E-state index in [4.69, 9.17) is 28.0 Å². The van der Waals surface area contributed by atoms with Gasteiger partial charge in [0.2, 0.25) is 0 Å². The summed E-state index contributed by atoms with van der Waals surface area (Å²) in [7, 11) is 0. The van der Waals surface area contributed by atoms with Crippen LogP contribution in [0, 0.1) is 18.3 Å². The number of amidine groups is 1. The normalized spacial score (nSPS) is 20.8. The van der Waals surface area contributed by atoms with E-state index in [-0.39, 0.29) is 33.9 Å². The Morgan fingerprint density at radius 3 is 2.36 bits per heavy atom. The minimum atomic E-state index is -4.78. The maximum absolute atomic E-state index is 14.3. The number of rotatable bonds is 4. The summed E-state index contributed by atoms with van der Waals surface area (Å²) in [6, 6.07) is 9.37. The molecule has 2 aromatic carbocycles. The minimum Gasteiger partial charge on any atom is -0.372 e. The van der Waals surface area contributed by atoms with Gasteiger partial charge in [0.1, 0.15) is 11.4 Å². The number of nitriles is 1. The third kappa shape index (κ3) is 4.60. The molecule has 0 spiro atoms. The number of halogens is 5. The molecule has 1 N–H and O–H groups in total. The van der Waals surface area contributed by atoms with Crippen LogP contribution in [0.25, 0.3) is 0 Å². The number of carbonyl (C=O) groups excluding carboxylic acids is 1. The topological polar surface area (TPSA) is 77.7 Å². The highest BCUT2D eigenvalue weighted by Gasteiger charge is 2.63. The van der Waals surface area contributed by atoms with Gasteiger partial charge in [-0.3, -0.25) is 4.79 Å². The third-order valence-corrected chi connectivity index (χ3v) is 7.16. The molecule has 2 aliphatic heterocycles. The molecule has 11 heteroatoms. The SMILES string of the molecule is CCC(C)(C#N)NC(=O)c1cc2c(cc1C)CN(C1=NOC(c3cc(Cl)cc(Cl)c3)(C(F)(F)F)C1)C2. The Hall–Kier alpha value is -2.96. The number of hydrogen-bond acceptors (Lipinski definition) is 5. The molecule has 36 heavy (non-hydrogen) atoms. The van der Waals surface area contributed by atoms with Crippen molar-refractivity contribution in [2.75, 3.05) is 0 Å². The van der Waals surface area contributed by atoms with Crippen molar-refractivity contribution in [3.63, 3.8) is 0 Å². The summed E-state index contributed by atoms with van der Waals surface area (Å²) in [6.45, 7) is 5.80. The van der Waals surface area contributed by atoms with Gasteiger partial charge in [-0.25, -0.2) is 0 Å². The number of nitrogens with zero attached hydrogens (tertiary/aromatic N) is 3. The lowest BCUT2D eigenvalue weighted by Gasteiger charge is -2.30. The standard InChI is InChI=1S/C25H23Cl2F3N4O2/c1-4-23(3,13-31)32-22(35)20-6-16-12-34(11-15(16)5-14(20)2)21-10-24(36-33-21,25(28,29)30)17-7-18(26)9-19(27)8-17/h5-9H,4,10-12H2,1-3H3,(H,32,35). The average molecular weight is 539 g/mol. The second kappa shape index (κ2) is 9.16. The first-order chi connectivity index (χ1) is 16.8. The lowest BCUT2D eigenvalue weighted by Crippen LogP contribution is -2.44. The zero-order valence-electron chi connectivity index (χ0n) is 19.8. The van der Waals surface area contributed by atoms with Crippen LogP contribution in [0.4, 0.5) is 13.2 Å². The summed E-state index contributed by atoms with van der Waals surface area (Å²) in [6.07, 6.45) is -4.90. The van der Waals surface area contributed by atoms with E-state index in [9.17, 15) is 23.2 Å². The summed E-state index contributed by atoms with van der Waals surface area (Å²) in [5.74, 6) is -0.249. The van der Waals surface area contributed by atoms with E-state index >= 15 is 0 Å². The highest BCUT2D eigenvalue weighted by atomic mass is 35.5. The highest BCUT2D eigenvalue weighted by molar-refractivity contribution is 6.34. The van der Waals surface area contributed by atoms with Crippen LogP contribution in [0.2, 0.25) is 10.0 Å². The minimum absolute atomic E-state index is 0.0589. The third-order valence-electron chi connectivity index (χ3n) is 6.72. The lowest BCUT2D eigenvalue weighted by molar-refractivity contribution is -0.275. The number of carbonyl (C=O) groups is 1. The molecule has 6 nitrogen and oxygen atoms in total. The summed E-state index contributed by atoms with van der Waals surface area (Å²) >= 11 is 11.9. The molecular formula is C25H23Cl2F3N4O2. The average Bonchev–Trinajstić information content (AvgIpc) is 3.42. The Balaban J connectivity index is 1.58. The number of nitrogens with one attached hydrogen (secondary N) is 1. The summed E-state index contributed by atoms with van der Waals surface area (Å²) in [5, 5.41) is 16.1. The molecular weight excluding hydrogens is 516 g/mol. The Labute approximate surface area is 216 Å². The second-order valence-electron chi connectivity index (χ2n) is 9.30. The molecule has 190 valence electrons. The number of oxime groups is 1. The monoisotopic (exact) mass is 538 g/mol. The largest absolute Gasteiger partial charge is 0.435 e. The van der Waals surface area contributed by atoms with Crippen molar-refractivity contribution in [1.82, 2.24) is 10.2 Å². The van der Waals surface area contributed by atoms with Crippen LogP contribution < -0.4 is 5.32 Å². The van der Waals surface area contributed by atoms with Crippen LogP contribution >= 0.6 is 23.2 Å².